The first-order chi connectivity index (χ1) is 13.6. The standard InChI is InChI=1S/C21H24N4O2S/c1-14-18(15-5-3-2-4-6-15)19-20(28-14)23-13-25(21(19)27)12-9-17(26)24-16-7-10-22-11-8-16/h2-6,13,16,22H,7-12H2,1H3,(H,24,26). The van der Waals surface area contributed by atoms with Crippen molar-refractivity contribution in [3.8, 4) is 11.1 Å². The molecular weight excluding hydrogens is 372 g/mol. The van der Waals surface area contributed by atoms with Gasteiger partial charge in [-0.3, -0.25) is 14.2 Å². The Bertz CT molecular complexity index is 1040. The average molecular weight is 397 g/mol. The van der Waals surface area contributed by atoms with Crippen LogP contribution in [0, 0.1) is 6.92 Å². The van der Waals surface area contributed by atoms with E-state index in [1.165, 1.54) is 11.3 Å². The second-order valence-corrected chi connectivity index (χ2v) is 8.37. The lowest BCUT2D eigenvalue weighted by molar-refractivity contribution is -0.122. The number of piperidine rings is 1. The van der Waals surface area contributed by atoms with Crippen LogP contribution in [0.2, 0.25) is 0 Å². The zero-order valence-electron chi connectivity index (χ0n) is 15.9. The van der Waals surface area contributed by atoms with Gasteiger partial charge in [-0.25, -0.2) is 4.98 Å². The molecule has 4 rings (SSSR count). The summed E-state index contributed by atoms with van der Waals surface area (Å²) in [7, 11) is 0. The van der Waals surface area contributed by atoms with E-state index in [2.05, 4.69) is 15.6 Å². The number of carbonyl (C=O) groups excluding carboxylic acids is 1. The summed E-state index contributed by atoms with van der Waals surface area (Å²) >= 11 is 1.53. The van der Waals surface area contributed by atoms with Crippen LogP contribution in [0.1, 0.15) is 24.1 Å². The minimum absolute atomic E-state index is 0.0105. The Kier molecular flexibility index (Phi) is 5.54. The summed E-state index contributed by atoms with van der Waals surface area (Å²) in [5, 5.41) is 7.01. The molecule has 0 saturated carbocycles. The molecule has 0 unspecified atom stereocenters. The number of amides is 1. The van der Waals surface area contributed by atoms with Crippen molar-refractivity contribution < 1.29 is 4.79 Å². The summed E-state index contributed by atoms with van der Waals surface area (Å²) in [5.41, 5.74) is 1.89. The quantitative estimate of drug-likeness (QED) is 0.695. The van der Waals surface area contributed by atoms with E-state index in [1.807, 2.05) is 37.3 Å². The van der Waals surface area contributed by atoms with Gasteiger partial charge in [-0.2, -0.15) is 0 Å². The molecule has 0 radical (unpaired) electrons. The molecule has 0 spiro atoms. The average Bonchev–Trinajstić information content (AvgIpc) is 3.05. The molecule has 1 saturated heterocycles. The van der Waals surface area contributed by atoms with Crippen molar-refractivity contribution in [2.24, 2.45) is 0 Å². The first kappa shape index (κ1) is 18.8. The second-order valence-electron chi connectivity index (χ2n) is 7.16. The topological polar surface area (TPSA) is 76.0 Å². The Morgan fingerprint density at radius 1 is 1.29 bits per heavy atom. The Labute approximate surface area is 167 Å². The third kappa shape index (κ3) is 3.86. The van der Waals surface area contributed by atoms with Crippen LogP contribution < -0.4 is 16.2 Å². The van der Waals surface area contributed by atoms with Gasteiger partial charge in [0.2, 0.25) is 5.91 Å². The third-order valence-electron chi connectivity index (χ3n) is 5.20. The van der Waals surface area contributed by atoms with Gasteiger partial charge in [0.05, 0.1) is 11.7 Å². The van der Waals surface area contributed by atoms with Crippen molar-refractivity contribution in [2.75, 3.05) is 13.1 Å². The summed E-state index contributed by atoms with van der Waals surface area (Å²) in [5.74, 6) is -0.0105. The fourth-order valence-electron chi connectivity index (χ4n) is 3.74. The predicted molar refractivity (Wildman–Crippen MR) is 113 cm³/mol. The smallest absolute Gasteiger partial charge is 0.262 e. The van der Waals surface area contributed by atoms with E-state index < -0.39 is 0 Å². The van der Waals surface area contributed by atoms with Gasteiger partial charge in [-0.1, -0.05) is 30.3 Å². The highest BCUT2D eigenvalue weighted by Gasteiger charge is 2.18. The molecule has 0 aliphatic carbocycles. The van der Waals surface area contributed by atoms with Crippen molar-refractivity contribution in [3.63, 3.8) is 0 Å². The molecule has 1 aromatic carbocycles. The summed E-state index contributed by atoms with van der Waals surface area (Å²) in [6.07, 6.45) is 3.75. The Morgan fingerprint density at radius 2 is 2.04 bits per heavy atom. The highest BCUT2D eigenvalue weighted by molar-refractivity contribution is 7.19. The number of aryl methyl sites for hydroxylation is 2. The van der Waals surface area contributed by atoms with Crippen LogP contribution in [0.4, 0.5) is 0 Å². The van der Waals surface area contributed by atoms with Crippen LogP contribution in [-0.4, -0.2) is 34.6 Å². The summed E-state index contributed by atoms with van der Waals surface area (Å²) in [6, 6.07) is 10.2. The zero-order chi connectivity index (χ0) is 19.5. The molecule has 1 amide bonds. The number of nitrogens with zero attached hydrogens (tertiary/aromatic N) is 2. The van der Waals surface area contributed by atoms with Crippen molar-refractivity contribution in [2.45, 2.75) is 38.8 Å². The molecule has 6 nitrogen and oxygen atoms in total. The van der Waals surface area contributed by atoms with Gasteiger partial charge in [-0.05, 0) is 38.4 Å². The number of aromatic nitrogens is 2. The van der Waals surface area contributed by atoms with Gasteiger partial charge < -0.3 is 10.6 Å². The van der Waals surface area contributed by atoms with Crippen molar-refractivity contribution in [1.82, 2.24) is 20.2 Å². The highest BCUT2D eigenvalue weighted by atomic mass is 32.1. The lowest BCUT2D eigenvalue weighted by atomic mass is 10.0. The Morgan fingerprint density at radius 3 is 2.79 bits per heavy atom. The molecule has 0 bridgehead atoms. The maximum atomic E-state index is 13.1. The minimum atomic E-state index is -0.0807. The molecule has 28 heavy (non-hydrogen) atoms. The number of fused-ring (bicyclic) bond motifs is 1. The molecule has 2 aromatic heterocycles. The van der Waals surface area contributed by atoms with E-state index in [9.17, 15) is 9.59 Å². The lowest BCUT2D eigenvalue weighted by Gasteiger charge is -2.23. The Balaban J connectivity index is 1.56. The monoisotopic (exact) mass is 396 g/mol. The summed E-state index contributed by atoms with van der Waals surface area (Å²) in [6.45, 7) is 4.22. The van der Waals surface area contributed by atoms with Gasteiger partial charge >= 0.3 is 0 Å². The number of thiophene rings is 1. The van der Waals surface area contributed by atoms with Crippen molar-refractivity contribution >= 4 is 27.5 Å². The van der Waals surface area contributed by atoms with Crippen molar-refractivity contribution in [1.29, 1.82) is 0 Å². The first-order valence-electron chi connectivity index (χ1n) is 9.67. The maximum absolute atomic E-state index is 13.1. The molecule has 146 valence electrons. The number of hydrogen-bond acceptors (Lipinski definition) is 5. The SMILES string of the molecule is Cc1sc2ncn(CCC(=O)NC3CCNCC3)c(=O)c2c1-c1ccccc1. The lowest BCUT2D eigenvalue weighted by Crippen LogP contribution is -2.43. The van der Waals surface area contributed by atoms with Gasteiger partial charge in [-0.15, -0.1) is 11.3 Å². The number of rotatable bonds is 5. The van der Waals surface area contributed by atoms with Crippen LogP contribution in [0.5, 0.6) is 0 Å². The molecular formula is C21H24N4O2S. The predicted octanol–water partition coefficient (Wildman–Crippen LogP) is 2.69. The van der Waals surface area contributed by atoms with E-state index in [0.29, 0.717) is 11.9 Å². The number of nitrogens with one attached hydrogen (secondary N) is 2. The van der Waals surface area contributed by atoms with Crippen LogP contribution in [0.3, 0.4) is 0 Å². The molecule has 1 fully saturated rings. The van der Waals surface area contributed by atoms with Crippen LogP contribution in [0.25, 0.3) is 21.3 Å². The van der Waals surface area contributed by atoms with E-state index in [0.717, 1.165) is 46.8 Å². The number of carbonyl (C=O) groups is 1. The third-order valence-corrected chi connectivity index (χ3v) is 6.21. The fraction of sp³-hybridized carbons (Fsp3) is 0.381. The summed E-state index contributed by atoms with van der Waals surface area (Å²) < 4.78 is 1.56. The summed E-state index contributed by atoms with van der Waals surface area (Å²) in [4.78, 5) is 31.7. The van der Waals surface area contributed by atoms with E-state index >= 15 is 0 Å². The maximum Gasteiger partial charge on any atom is 0.262 e. The van der Waals surface area contributed by atoms with E-state index in [-0.39, 0.29) is 23.9 Å². The van der Waals surface area contributed by atoms with Gasteiger partial charge in [0.25, 0.3) is 5.56 Å². The molecule has 7 heteroatoms. The molecule has 1 aliphatic rings. The normalized spacial score (nSPS) is 15.0. The second kappa shape index (κ2) is 8.24. The van der Waals surface area contributed by atoms with E-state index in [1.54, 1.807) is 10.9 Å². The fourth-order valence-corrected chi connectivity index (χ4v) is 4.74. The largest absolute Gasteiger partial charge is 0.353 e. The van der Waals surface area contributed by atoms with Gasteiger partial charge in [0.15, 0.2) is 0 Å². The molecule has 0 atom stereocenters. The zero-order valence-corrected chi connectivity index (χ0v) is 16.7. The highest BCUT2D eigenvalue weighted by Crippen LogP contribution is 2.35. The minimum Gasteiger partial charge on any atom is -0.353 e. The number of benzene rings is 1. The first-order valence-corrected chi connectivity index (χ1v) is 10.5. The molecule has 2 N–H and O–H groups in total. The van der Waals surface area contributed by atoms with E-state index in [4.69, 9.17) is 0 Å². The molecule has 3 aromatic rings. The van der Waals surface area contributed by atoms with Crippen molar-refractivity contribution in [3.05, 3.63) is 51.9 Å². The van der Waals surface area contributed by atoms with Crippen LogP contribution in [0.15, 0.2) is 41.5 Å². The van der Waals surface area contributed by atoms with Crippen LogP contribution in [-0.2, 0) is 11.3 Å². The molecule has 1 aliphatic heterocycles. The van der Waals surface area contributed by atoms with Crippen LogP contribution >= 0.6 is 11.3 Å². The molecule has 3 heterocycles. The number of hydrogen-bond donors (Lipinski definition) is 2. The van der Waals surface area contributed by atoms with Gasteiger partial charge in [0, 0.05) is 29.4 Å². The Hall–Kier alpha value is -2.51. The van der Waals surface area contributed by atoms with Gasteiger partial charge in [0.1, 0.15) is 4.83 Å².